The second-order valence-electron chi connectivity index (χ2n) is 5.11. The molecular weight excluding hydrogens is 220 g/mol. The van der Waals surface area contributed by atoms with Crippen molar-refractivity contribution < 1.29 is 0 Å². The van der Waals surface area contributed by atoms with Gasteiger partial charge in [0.05, 0.1) is 11.4 Å². The van der Waals surface area contributed by atoms with Gasteiger partial charge in [0.25, 0.3) is 0 Å². The van der Waals surface area contributed by atoms with Crippen molar-refractivity contribution in [3.05, 3.63) is 45.8 Å². The van der Waals surface area contributed by atoms with Crippen molar-refractivity contribution >= 4 is 0 Å². The molecule has 0 unspecified atom stereocenters. The van der Waals surface area contributed by atoms with E-state index in [9.17, 15) is 0 Å². The minimum Gasteiger partial charge on any atom is -0.251 e. The summed E-state index contributed by atoms with van der Waals surface area (Å²) in [5, 5.41) is 0. The van der Waals surface area contributed by atoms with Crippen molar-refractivity contribution in [3.63, 3.8) is 0 Å². The zero-order valence-electron chi connectivity index (χ0n) is 12.0. The van der Waals surface area contributed by atoms with E-state index in [1.807, 2.05) is 0 Å². The maximum atomic E-state index is 4.71. The number of hydrogen-bond donors (Lipinski definition) is 0. The normalized spacial score (nSPS) is 10.8. The van der Waals surface area contributed by atoms with E-state index >= 15 is 0 Å². The van der Waals surface area contributed by atoms with E-state index < -0.39 is 0 Å². The highest BCUT2D eigenvalue weighted by Crippen LogP contribution is 2.25. The molecule has 2 heteroatoms. The van der Waals surface area contributed by atoms with Crippen LogP contribution in [0, 0.1) is 41.5 Å². The number of aromatic nitrogens is 2. The molecule has 18 heavy (non-hydrogen) atoms. The first-order valence-electron chi connectivity index (χ1n) is 6.30. The smallest absolute Gasteiger partial charge is 0.0921 e. The summed E-state index contributed by atoms with van der Waals surface area (Å²) in [4.78, 5) is 9.42. The number of nitrogens with zero attached hydrogens (tertiary/aromatic N) is 2. The third-order valence-corrected chi connectivity index (χ3v) is 3.54. The van der Waals surface area contributed by atoms with Gasteiger partial charge in [-0.05, 0) is 63.8 Å². The molecule has 0 amide bonds. The Balaban J connectivity index is 2.69. The SMILES string of the molecule is Cc1cc(C)c(-c2nc(C)c(C)cc2C)nc1C. The van der Waals surface area contributed by atoms with Crippen LogP contribution in [0.4, 0.5) is 0 Å². The van der Waals surface area contributed by atoms with Crippen LogP contribution in [-0.2, 0) is 0 Å². The fourth-order valence-corrected chi connectivity index (χ4v) is 2.16. The summed E-state index contributed by atoms with van der Waals surface area (Å²) in [7, 11) is 0. The van der Waals surface area contributed by atoms with Gasteiger partial charge in [-0.25, -0.2) is 0 Å². The highest BCUT2D eigenvalue weighted by molar-refractivity contribution is 5.64. The van der Waals surface area contributed by atoms with Crippen LogP contribution >= 0.6 is 0 Å². The molecule has 2 aromatic heterocycles. The second kappa shape index (κ2) is 4.52. The van der Waals surface area contributed by atoms with Crippen molar-refractivity contribution in [2.45, 2.75) is 41.5 Å². The highest BCUT2D eigenvalue weighted by Gasteiger charge is 2.11. The molecule has 0 N–H and O–H groups in total. The summed E-state index contributed by atoms with van der Waals surface area (Å²) >= 11 is 0. The van der Waals surface area contributed by atoms with Gasteiger partial charge in [-0.3, -0.25) is 9.97 Å². The van der Waals surface area contributed by atoms with Gasteiger partial charge < -0.3 is 0 Å². The summed E-state index contributed by atoms with van der Waals surface area (Å²) in [6, 6.07) is 4.38. The zero-order valence-corrected chi connectivity index (χ0v) is 12.0. The Morgan fingerprint density at radius 2 is 0.889 bits per heavy atom. The fourth-order valence-electron chi connectivity index (χ4n) is 2.16. The molecular formula is C16H20N2. The molecule has 0 saturated carbocycles. The Bertz CT molecular complexity index is 557. The highest BCUT2D eigenvalue weighted by atomic mass is 14.8. The van der Waals surface area contributed by atoms with Gasteiger partial charge in [0.2, 0.25) is 0 Å². The van der Waals surface area contributed by atoms with Crippen LogP contribution in [0.1, 0.15) is 33.6 Å². The molecule has 0 atom stereocenters. The summed E-state index contributed by atoms with van der Waals surface area (Å²) in [6.07, 6.45) is 0. The fraction of sp³-hybridized carbons (Fsp3) is 0.375. The molecule has 2 heterocycles. The van der Waals surface area contributed by atoms with Crippen molar-refractivity contribution in [3.8, 4) is 11.4 Å². The largest absolute Gasteiger partial charge is 0.251 e. The van der Waals surface area contributed by atoms with Crippen LogP contribution in [-0.4, -0.2) is 9.97 Å². The van der Waals surface area contributed by atoms with Crippen molar-refractivity contribution in [1.82, 2.24) is 9.97 Å². The topological polar surface area (TPSA) is 25.8 Å². The van der Waals surface area contributed by atoms with Crippen LogP contribution < -0.4 is 0 Å². The standard InChI is InChI=1S/C16H20N2/c1-9-7-11(3)15(17-13(9)5)16-12(4)8-10(2)14(6)18-16/h7-8H,1-6H3. The van der Waals surface area contributed by atoms with E-state index in [2.05, 4.69) is 53.7 Å². The lowest BCUT2D eigenvalue weighted by atomic mass is 10.0. The Labute approximate surface area is 109 Å². The van der Waals surface area contributed by atoms with E-state index in [0.29, 0.717) is 0 Å². The molecule has 2 rings (SSSR count). The van der Waals surface area contributed by atoms with E-state index in [0.717, 1.165) is 22.8 Å². The first-order chi connectivity index (χ1) is 8.40. The first kappa shape index (κ1) is 12.7. The van der Waals surface area contributed by atoms with E-state index in [1.165, 1.54) is 22.3 Å². The average Bonchev–Trinajstić information content (AvgIpc) is 2.29. The van der Waals surface area contributed by atoms with Crippen LogP contribution in [0.15, 0.2) is 12.1 Å². The summed E-state index contributed by atoms with van der Waals surface area (Å²) in [6.45, 7) is 12.5. The lowest BCUT2D eigenvalue weighted by Crippen LogP contribution is -2.00. The number of hydrogen-bond acceptors (Lipinski definition) is 2. The first-order valence-corrected chi connectivity index (χ1v) is 6.30. The van der Waals surface area contributed by atoms with Gasteiger partial charge in [-0.15, -0.1) is 0 Å². The van der Waals surface area contributed by atoms with Crippen molar-refractivity contribution in [2.24, 2.45) is 0 Å². The molecule has 0 aliphatic heterocycles. The predicted octanol–water partition coefficient (Wildman–Crippen LogP) is 3.99. The van der Waals surface area contributed by atoms with Gasteiger partial charge >= 0.3 is 0 Å². The quantitative estimate of drug-likeness (QED) is 0.753. The molecule has 94 valence electrons. The molecule has 2 nitrogen and oxygen atoms in total. The number of aryl methyl sites for hydroxylation is 6. The number of pyridine rings is 2. The molecule has 0 aromatic carbocycles. The van der Waals surface area contributed by atoms with Gasteiger partial charge in [-0.2, -0.15) is 0 Å². The molecule has 0 spiro atoms. The Morgan fingerprint density at radius 1 is 0.556 bits per heavy atom. The van der Waals surface area contributed by atoms with Crippen LogP contribution in [0.2, 0.25) is 0 Å². The lowest BCUT2D eigenvalue weighted by molar-refractivity contribution is 1.07. The monoisotopic (exact) mass is 240 g/mol. The maximum absolute atomic E-state index is 4.71. The summed E-state index contributed by atoms with van der Waals surface area (Å²) in [5.74, 6) is 0. The Hall–Kier alpha value is -1.70. The minimum absolute atomic E-state index is 1.01. The van der Waals surface area contributed by atoms with Crippen LogP contribution in [0.3, 0.4) is 0 Å². The van der Waals surface area contributed by atoms with E-state index in [-0.39, 0.29) is 0 Å². The van der Waals surface area contributed by atoms with E-state index in [4.69, 9.17) is 9.97 Å². The van der Waals surface area contributed by atoms with Crippen LogP contribution in [0.25, 0.3) is 11.4 Å². The zero-order chi connectivity index (χ0) is 13.4. The third kappa shape index (κ3) is 2.15. The lowest BCUT2D eigenvalue weighted by Gasteiger charge is -2.12. The molecule has 2 aromatic rings. The predicted molar refractivity (Wildman–Crippen MR) is 75.9 cm³/mol. The Kier molecular flexibility index (Phi) is 3.20. The molecule has 0 aliphatic rings. The second-order valence-corrected chi connectivity index (χ2v) is 5.11. The molecule has 0 radical (unpaired) electrons. The van der Waals surface area contributed by atoms with Gasteiger partial charge in [0.1, 0.15) is 0 Å². The number of rotatable bonds is 1. The van der Waals surface area contributed by atoms with Crippen molar-refractivity contribution in [2.75, 3.05) is 0 Å². The molecule has 0 aliphatic carbocycles. The molecule has 0 bridgehead atoms. The van der Waals surface area contributed by atoms with Gasteiger partial charge in [0.15, 0.2) is 0 Å². The average molecular weight is 240 g/mol. The summed E-state index contributed by atoms with van der Waals surface area (Å²) in [5.41, 5.74) is 9.03. The Morgan fingerprint density at radius 3 is 1.22 bits per heavy atom. The van der Waals surface area contributed by atoms with Gasteiger partial charge in [0, 0.05) is 11.4 Å². The van der Waals surface area contributed by atoms with E-state index in [1.54, 1.807) is 0 Å². The molecule has 0 saturated heterocycles. The molecule has 0 fully saturated rings. The van der Waals surface area contributed by atoms with Gasteiger partial charge in [-0.1, -0.05) is 12.1 Å². The van der Waals surface area contributed by atoms with Crippen LogP contribution in [0.5, 0.6) is 0 Å². The summed E-state index contributed by atoms with van der Waals surface area (Å²) < 4.78 is 0. The third-order valence-electron chi connectivity index (χ3n) is 3.54. The minimum atomic E-state index is 1.01. The maximum Gasteiger partial charge on any atom is 0.0921 e. The van der Waals surface area contributed by atoms with Crippen molar-refractivity contribution in [1.29, 1.82) is 0 Å².